The second-order valence-corrected chi connectivity index (χ2v) is 8.21. The number of nitrogens with one attached hydrogen (secondary N) is 1. The van der Waals surface area contributed by atoms with Crippen molar-refractivity contribution in [3.05, 3.63) is 47.4 Å². The molecule has 1 aliphatic heterocycles. The van der Waals surface area contributed by atoms with E-state index in [-0.39, 0.29) is 24.1 Å². The Balaban J connectivity index is 1.32. The van der Waals surface area contributed by atoms with Crippen molar-refractivity contribution in [1.82, 2.24) is 24.7 Å². The molecule has 0 amide bonds. The molecule has 0 radical (unpaired) electrons. The van der Waals surface area contributed by atoms with E-state index in [4.69, 9.17) is 16.3 Å². The molecule has 3 heterocycles. The third-order valence-corrected chi connectivity index (χ3v) is 6.16. The van der Waals surface area contributed by atoms with E-state index in [9.17, 15) is 4.39 Å². The Kier molecular flexibility index (Phi) is 4.50. The van der Waals surface area contributed by atoms with E-state index in [1.165, 1.54) is 4.68 Å². The van der Waals surface area contributed by atoms with Gasteiger partial charge in [0.2, 0.25) is 5.95 Å². The highest BCUT2D eigenvalue weighted by Gasteiger charge is 2.73. The average molecular weight is 430 g/mol. The lowest BCUT2D eigenvalue weighted by Crippen LogP contribution is -2.49. The molecule has 2 aromatic heterocycles. The predicted octanol–water partition coefficient (Wildman–Crippen LogP) is 3.48. The van der Waals surface area contributed by atoms with Gasteiger partial charge >= 0.3 is 6.01 Å². The number of hydrogen-bond acceptors (Lipinski definition) is 7. The van der Waals surface area contributed by atoms with Crippen LogP contribution in [0.2, 0.25) is 5.02 Å². The van der Waals surface area contributed by atoms with Crippen molar-refractivity contribution in [2.75, 3.05) is 23.4 Å². The van der Waals surface area contributed by atoms with Gasteiger partial charge in [-0.1, -0.05) is 17.7 Å². The highest BCUT2D eigenvalue weighted by Crippen LogP contribution is 2.59. The largest absolute Gasteiger partial charge is 0.424 e. The van der Waals surface area contributed by atoms with Crippen LogP contribution in [0.3, 0.4) is 0 Å². The molecule has 0 spiro atoms. The van der Waals surface area contributed by atoms with Gasteiger partial charge in [0.15, 0.2) is 0 Å². The molecule has 1 saturated carbocycles. The number of rotatable bonds is 7. The number of anilines is 2. The van der Waals surface area contributed by atoms with Gasteiger partial charge in [-0.3, -0.25) is 0 Å². The molecule has 1 aliphatic carbocycles. The Morgan fingerprint density at radius 2 is 2.20 bits per heavy atom. The average Bonchev–Trinajstić information content (AvgIpc) is 2.97. The van der Waals surface area contributed by atoms with Crippen LogP contribution in [0.1, 0.15) is 12.6 Å². The van der Waals surface area contributed by atoms with Gasteiger partial charge in [0.1, 0.15) is 24.6 Å². The number of ether oxygens (including phenoxy) is 1. The zero-order valence-corrected chi connectivity index (χ0v) is 17.3. The van der Waals surface area contributed by atoms with E-state index in [0.29, 0.717) is 22.6 Å². The molecular weight excluding hydrogens is 409 g/mol. The summed E-state index contributed by atoms with van der Waals surface area (Å²) >= 11 is 6.01. The van der Waals surface area contributed by atoms with E-state index < -0.39 is 6.67 Å². The summed E-state index contributed by atoms with van der Waals surface area (Å²) in [6, 6.07) is 9.35. The molecule has 2 aliphatic rings. The van der Waals surface area contributed by atoms with Crippen LogP contribution >= 0.6 is 11.6 Å². The molecule has 3 atom stereocenters. The van der Waals surface area contributed by atoms with Gasteiger partial charge in [0, 0.05) is 29.2 Å². The quantitative estimate of drug-likeness (QED) is 0.615. The maximum absolute atomic E-state index is 13.0. The Morgan fingerprint density at radius 3 is 2.97 bits per heavy atom. The van der Waals surface area contributed by atoms with Gasteiger partial charge in [-0.25, -0.2) is 19.0 Å². The monoisotopic (exact) mass is 429 g/mol. The van der Waals surface area contributed by atoms with Gasteiger partial charge in [0.05, 0.1) is 18.1 Å². The lowest BCUT2D eigenvalue weighted by atomic mass is 10.1. The molecule has 5 rings (SSSR count). The molecule has 1 N–H and O–H groups in total. The number of benzene rings is 1. The van der Waals surface area contributed by atoms with Crippen LogP contribution in [0.5, 0.6) is 11.8 Å². The van der Waals surface area contributed by atoms with Crippen LogP contribution in [-0.2, 0) is 6.54 Å². The fraction of sp³-hybridized carbons (Fsp3) is 0.400. The first-order valence-corrected chi connectivity index (χ1v) is 10.1. The summed E-state index contributed by atoms with van der Waals surface area (Å²) < 4.78 is 20.2. The molecule has 10 heteroatoms. The van der Waals surface area contributed by atoms with Crippen LogP contribution in [-0.4, -0.2) is 49.5 Å². The van der Waals surface area contributed by atoms with E-state index >= 15 is 0 Å². The highest BCUT2D eigenvalue weighted by atomic mass is 35.5. The summed E-state index contributed by atoms with van der Waals surface area (Å²) in [4.78, 5) is 15.3. The normalized spacial score (nSPS) is 24.2. The second kappa shape index (κ2) is 7.09. The molecule has 156 valence electrons. The van der Waals surface area contributed by atoms with Crippen molar-refractivity contribution in [2.24, 2.45) is 5.92 Å². The van der Waals surface area contributed by atoms with Crippen LogP contribution in [0, 0.1) is 12.8 Å². The van der Waals surface area contributed by atoms with Crippen molar-refractivity contribution in [3.8, 4) is 11.8 Å². The van der Waals surface area contributed by atoms with Crippen LogP contribution in [0.15, 0.2) is 36.7 Å². The lowest BCUT2D eigenvalue weighted by Gasteiger charge is -2.39. The summed E-state index contributed by atoms with van der Waals surface area (Å²) in [6.07, 6.45) is 1.59. The number of aryl methyl sites for hydroxylation is 2. The van der Waals surface area contributed by atoms with Gasteiger partial charge in [-0.05, 0) is 32.0 Å². The maximum Gasteiger partial charge on any atom is 0.322 e. The SMILES string of the molecule is Cc1cc(N2CC3C(Nc4nc(Oc5cccc(Cl)c5)n(CCF)n4)C32C)ncn1. The van der Waals surface area contributed by atoms with Crippen molar-refractivity contribution < 1.29 is 9.13 Å². The Hall–Kier alpha value is -2.94. The van der Waals surface area contributed by atoms with Gasteiger partial charge in [-0.15, -0.1) is 5.10 Å². The number of hydrogen-bond donors (Lipinski definition) is 1. The first-order chi connectivity index (χ1) is 14.5. The van der Waals surface area contributed by atoms with E-state index in [1.807, 2.05) is 13.0 Å². The summed E-state index contributed by atoms with van der Waals surface area (Å²) in [5.41, 5.74) is 0.881. The lowest BCUT2D eigenvalue weighted by molar-refractivity contribution is 0.363. The molecular formula is C20H21ClFN7O. The summed E-state index contributed by atoms with van der Waals surface area (Å²) in [7, 11) is 0. The number of nitrogens with zero attached hydrogens (tertiary/aromatic N) is 6. The molecule has 2 fully saturated rings. The second-order valence-electron chi connectivity index (χ2n) is 7.77. The van der Waals surface area contributed by atoms with E-state index in [2.05, 4.69) is 37.2 Å². The van der Waals surface area contributed by atoms with E-state index in [0.717, 1.165) is 18.1 Å². The fourth-order valence-electron chi connectivity index (χ4n) is 4.17. The Labute approximate surface area is 178 Å². The number of alkyl halides is 1. The smallest absolute Gasteiger partial charge is 0.322 e. The minimum atomic E-state index is -0.570. The molecule has 0 bridgehead atoms. The standard InChI is InChI=1S/C20H21ClFN7O/c1-12-8-16(24-11-23-12)28-10-15-17(20(15,28)2)25-18-26-19(29(27-18)7-6-22)30-14-5-3-4-13(21)9-14/h3-5,8-9,11,15,17H,6-7,10H2,1-2H3,(H,25,27). The number of fused-ring (bicyclic) bond motifs is 1. The first-order valence-electron chi connectivity index (χ1n) is 9.76. The molecule has 3 unspecified atom stereocenters. The number of halogens is 2. The molecule has 8 nitrogen and oxygen atoms in total. The molecule has 30 heavy (non-hydrogen) atoms. The first kappa shape index (κ1) is 19.0. The van der Waals surface area contributed by atoms with Crippen molar-refractivity contribution in [1.29, 1.82) is 0 Å². The summed E-state index contributed by atoms with van der Waals surface area (Å²) in [5, 5.41) is 8.33. The third kappa shape index (κ3) is 3.13. The highest BCUT2D eigenvalue weighted by molar-refractivity contribution is 6.30. The fourth-order valence-corrected chi connectivity index (χ4v) is 4.35. The summed E-state index contributed by atoms with van der Waals surface area (Å²) in [5.74, 6) is 2.33. The summed E-state index contributed by atoms with van der Waals surface area (Å²) in [6.45, 7) is 4.54. The molecule has 3 aromatic rings. The minimum Gasteiger partial charge on any atom is -0.424 e. The molecule has 1 saturated heterocycles. The number of aromatic nitrogens is 5. The topological polar surface area (TPSA) is 81.0 Å². The van der Waals surface area contributed by atoms with Crippen LogP contribution < -0.4 is 15.0 Å². The van der Waals surface area contributed by atoms with Crippen LogP contribution in [0.25, 0.3) is 0 Å². The van der Waals surface area contributed by atoms with Gasteiger partial charge in [-0.2, -0.15) is 4.98 Å². The van der Waals surface area contributed by atoms with Crippen molar-refractivity contribution in [3.63, 3.8) is 0 Å². The maximum atomic E-state index is 13.0. The van der Waals surface area contributed by atoms with Crippen LogP contribution in [0.4, 0.5) is 16.2 Å². The Morgan fingerprint density at radius 1 is 1.33 bits per heavy atom. The van der Waals surface area contributed by atoms with Crippen molar-refractivity contribution >= 4 is 23.4 Å². The van der Waals surface area contributed by atoms with Gasteiger partial charge < -0.3 is 15.0 Å². The van der Waals surface area contributed by atoms with E-state index in [1.54, 1.807) is 30.6 Å². The Bertz CT molecular complexity index is 1090. The predicted molar refractivity (Wildman–Crippen MR) is 111 cm³/mol. The zero-order chi connectivity index (χ0) is 20.9. The van der Waals surface area contributed by atoms with Gasteiger partial charge in [0.25, 0.3) is 0 Å². The molecule has 1 aromatic carbocycles. The van der Waals surface area contributed by atoms with Crippen molar-refractivity contribution in [2.45, 2.75) is 32.0 Å². The minimum absolute atomic E-state index is 0.0552. The third-order valence-electron chi connectivity index (χ3n) is 5.92. The zero-order valence-electron chi connectivity index (χ0n) is 16.6.